The molecule has 0 saturated heterocycles. The molecule has 0 fully saturated rings. The highest BCUT2D eigenvalue weighted by atomic mass is 32.2. The molecule has 1 atom stereocenters. The molecule has 1 aromatic carbocycles. The molecule has 0 aliphatic rings. The molecule has 0 spiro atoms. The zero-order valence-electron chi connectivity index (χ0n) is 14.8. The first kappa shape index (κ1) is 20.2. The van der Waals surface area contributed by atoms with Crippen LogP contribution in [0.5, 0.6) is 11.5 Å². The zero-order valence-corrected chi connectivity index (χ0v) is 15.6. The van der Waals surface area contributed by atoms with Crippen molar-refractivity contribution in [3.8, 4) is 11.5 Å². The summed E-state index contributed by atoms with van der Waals surface area (Å²) in [6.45, 7) is 3.93. The molecule has 136 valence electrons. The number of rotatable bonds is 9. The summed E-state index contributed by atoms with van der Waals surface area (Å²) in [6.07, 6.45) is 0. The van der Waals surface area contributed by atoms with Gasteiger partial charge in [-0.05, 0) is 30.7 Å². The molecule has 1 amide bonds. The van der Waals surface area contributed by atoms with Crippen LogP contribution in [0.1, 0.15) is 25.3 Å². The smallest absolute Gasteiger partial charge is 0.227 e. The maximum absolute atomic E-state index is 12.5. The lowest BCUT2D eigenvalue weighted by molar-refractivity contribution is -0.123. The number of sulfonamides is 1. The molecule has 24 heavy (non-hydrogen) atoms. The first-order valence-electron chi connectivity index (χ1n) is 7.66. The van der Waals surface area contributed by atoms with Crippen molar-refractivity contribution in [3.05, 3.63) is 23.8 Å². The fraction of sp³-hybridized carbons (Fsp3) is 0.562. The minimum absolute atomic E-state index is 0.0315. The highest BCUT2D eigenvalue weighted by Gasteiger charge is 2.25. The van der Waals surface area contributed by atoms with Crippen LogP contribution in [-0.4, -0.2) is 47.9 Å². The molecular formula is C16H26N2O5S. The van der Waals surface area contributed by atoms with Gasteiger partial charge in [0.15, 0.2) is 11.5 Å². The van der Waals surface area contributed by atoms with Crippen LogP contribution < -0.4 is 19.5 Å². The van der Waals surface area contributed by atoms with Crippen LogP contribution in [0.3, 0.4) is 0 Å². The van der Waals surface area contributed by atoms with Gasteiger partial charge in [-0.15, -0.1) is 0 Å². The van der Waals surface area contributed by atoms with Crippen molar-refractivity contribution >= 4 is 15.9 Å². The van der Waals surface area contributed by atoms with Crippen molar-refractivity contribution < 1.29 is 22.7 Å². The summed E-state index contributed by atoms with van der Waals surface area (Å²) in [5, 5.41) is 2.69. The van der Waals surface area contributed by atoms with E-state index in [1.54, 1.807) is 19.2 Å². The van der Waals surface area contributed by atoms with Gasteiger partial charge in [-0.25, -0.2) is 13.1 Å². The lowest BCUT2D eigenvalue weighted by Crippen LogP contribution is -2.37. The summed E-state index contributed by atoms with van der Waals surface area (Å²) in [4.78, 5) is 12.5. The lowest BCUT2D eigenvalue weighted by Gasteiger charge is -2.22. The van der Waals surface area contributed by atoms with E-state index in [1.165, 1.54) is 14.2 Å². The van der Waals surface area contributed by atoms with E-state index in [-0.39, 0.29) is 24.1 Å². The molecule has 0 radical (unpaired) electrons. The molecule has 1 aromatic rings. The summed E-state index contributed by atoms with van der Waals surface area (Å²) in [6, 6.07) is 5.34. The molecule has 0 aliphatic carbocycles. The summed E-state index contributed by atoms with van der Waals surface area (Å²) < 4.78 is 35.5. The van der Waals surface area contributed by atoms with Gasteiger partial charge >= 0.3 is 0 Å². The molecule has 7 nitrogen and oxygen atoms in total. The van der Waals surface area contributed by atoms with Gasteiger partial charge in [-0.1, -0.05) is 19.9 Å². The van der Waals surface area contributed by atoms with E-state index in [9.17, 15) is 13.2 Å². The summed E-state index contributed by atoms with van der Waals surface area (Å²) in [5.41, 5.74) is 0.789. The number of amides is 1. The SMILES string of the molecule is CNS(=O)(=O)CCNC(=O)C(c1ccc(OC)c(OC)c1)C(C)C. The number of methoxy groups -OCH3 is 2. The van der Waals surface area contributed by atoms with Gasteiger partial charge in [0.1, 0.15) is 0 Å². The van der Waals surface area contributed by atoms with Crippen LogP contribution in [0.15, 0.2) is 18.2 Å². The first-order valence-corrected chi connectivity index (χ1v) is 9.31. The van der Waals surface area contributed by atoms with Crippen molar-refractivity contribution in [2.75, 3.05) is 33.6 Å². The zero-order chi connectivity index (χ0) is 18.3. The highest BCUT2D eigenvalue weighted by molar-refractivity contribution is 7.89. The molecule has 0 heterocycles. The third kappa shape index (κ3) is 5.38. The number of hydrogen-bond donors (Lipinski definition) is 2. The Morgan fingerprint density at radius 2 is 1.79 bits per heavy atom. The Morgan fingerprint density at radius 1 is 1.17 bits per heavy atom. The van der Waals surface area contributed by atoms with E-state index in [2.05, 4.69) is 10.0 Å². The highest BCUT2D eigenvalue weighted by Crippen LogP contribution is 2.33. The topological polar surface area (TPSA) is 93.7 Å². The van der Waals surface area contributed by atoms with Crippen molar-refractivity contribution in [2.24, 2.45) is 5.92 Å². The van der Waals surface area contributed by atoms with Crippen molar-refractivity contribution in [1.82, 2.24) is 10.0 Å². The molecule has 0 saturated carbocycles. The minimum atomic E-state index is -3.35. The second-order valence-corrected chi connectivity index (χ2v) is 7.70. The molecular weight excluding hydrogens is 332 g/mol. The van der Waals surface area contributed by atoms with E-state index in [0.717, 1.165) is 5.56 Å². The number of nitrogens with one attached hydrogen (secondary N) is 2. The van der Waals surface area contributed by atoms with Crippen LogP contribution in [0, 0.1) is 5.92 Å². The van der Waals surface area contributed by atoms with Gasteiger partial charge in [-0.2, -0.15) is 0 Å². The summed E-state index contributed by atoms with van der Waals surface area (Å²) in [7, 11) is 1.08. The first-order chi connectivity index (χ1) is 11.3. The van der Waals surface area contributed by atoms with Gasteiger partial charge in [0.05, 0.1) is 25.9 Å². The van der Waals surface area contributed by atoms with Crippen molar-refractivity contribution in [3.63, 3.8) is 0 Å². The van der Waals surface area contributed by atoms with Crippen LogP contribution in [0.2, 0.25) is 0 Å². The number of carbonyl (C=O) groups is 1. The maximum Gasteiger partial charge on any atom is 0.227 e. The predicted molar refractivity (Wildman–Crippen MR) is 93.0 cm³/mol. The van der Waals surface area contributed by atoms with Crippen LogP contribution >= 0.6 is 0 Å². The molecule has 1 unspecified atom stereocenters. The Balaban J connectivity index is 2.92. The minimum Gasteiger partial charge on any atom is -0.493 e. The van der Waals surface area contributed by atoms with E-state index in [4.69, 9.17) is 9.47 Å². The Morgan fingerprint density at radius 3 is 2.29 bits per heavy atom. The molecule has 0 aromatic heterocycles. The average Bonchev–Trinajstić information content (AvgIpc) is 2.54. The lowest BCUT2D eigenvalue weighted by atomic mass is 9.87. The molecule has 0 aliphatic heterocycles. The van der Waals surface area contributed by atoms with E-state index >= 15 is 0 Å². The normalized spacial score (nSPS) is 12.8. The van der Waals surface area contributed by atoms with Gasteiger partial charge in [-0.3, -0.25) is 4.79 Å². The van der Waals surface area contributed by atoms with Gasteiger partial charge in [0, 0.05) is 6.54 Å². The third-order valence-electron chi connectivity index (χ3n) is 3.70. The third-order valence-corrected chi connectivity index (χ3v) is 5.06. The Kier molecular flexibility index (Phi) is 7.50. The standard InChI is InChI=1S/C16H26N2O5S/c1-11(2)15(16(19)18-8-9-24(20,21)17-3)12-6-7-13(22-4)14(10-12)23-5/h6-7,10-11,15,17H,8-9H2,1-5H3,(H,18,19). The van der Waals surface area contributed by atoms with E-state index in [0.29, 0.717) is 11.5 Å². The molecule has 2 N–H and O–H groups in total. The maximum atomic E-state index is 12.5. The quantitative estimate of drug-likeness (QED) is 0.690. The Bertz CT molecular complexity index is 658. The monoisotopic (exact) mass is 358 g/mol. The van der Waals surface area contributed by atoms with Gasteiger partial charge in [0.2, 0.25) is 15.9 Å². The van der Waals surface area contributed by atoms with Gasteiger partial charge < -0.3 is 14.8 Å². The predicted octanol–water partition coefficient (Wildman–Crippen LogP) is 1.11. The van der Waals surface area contributed by atoms with Gasteiger partial charge in [0.25, 0.3) is 0 Å². The molecule has 8 heteroatoms. The van der Waals surface area contributed by atoms with Crippen molar-refractivity contribution in [1.29, 1.82) is 0 Å². The Labute approximate surface area is 143 Å². The summed E-state index contributed by atoms with van der Waals surface area (Å²) in [5.74, 6) is 0.372. The van der Waals surface area contributed by atoms with Crippen LogP contribution in [0.25, 0.3) is 0 Å². The van der Waals surface area contributed by atoms with Crippen LogP contribution in [0.4, 0.5) is 0 Å². The average molecular weight is 358 g/mol. The summed E-state index contributed by atoms with van der Waals surface area (Å²) >= 11 is 0. The second-order valence-electron chi connectivity index (χ2n) is 5.65. The van der Waals surface area contributed by atoms with Crippen molar-refractivity contribution in [2.45, 2.75) is 19.8 Å². The molecule has 1 rings (SSSR count). The Hall–Kier alpha value is -1.80. The fourth-order valence-corrected chi connectivity index (χ4v) is 2.98. The number of carbonyl (C=O) groups excluding carboxylic acids is 1. The number of hydrogen-bond acceptors (Lipinski definition) is 5. The number of ether oxygens (including phenoxy) is 2. The van der Waals surface area contributed by atoms with Crippen LogP contribution in [-0.2, 0) is 14.8 Å². The largest absolute Gasteiger partial charge is 0.493 e. The van der Waals surface area contributed by atoms with E-state index in [1.807, 2.05) is 19.9 Å². The van der Waals surface area contributed by atoms with E-state index < -0.39 is 15.9 Å². The fourth-order valence-electron chi connectivity index (χ4n) is 2.41. The second kappa shape index (κ2) is 8.89. The number of benzene rings is 1. The molecule has 0 bridgehead atoms.